The van der Waals surface area contributed by atoms with Crippen LogP contribution in [0, 0.1) is 10.1 Å². The van der Waals surface area contributed by atoms with Gasteiger partial charge in [-0.1, -0.05) is 0 Å². The first-order chi connectivity index (χ1) is 14.4. The lowest BCUT2D eigenvalue weighted by Gasteiger charge is -2.16. The highest BCUT2D eigenvalue weighted by molar-refractivity contribution is 5.85. The Morgan fingerprint density at radius 3 is 2.00 bits per heavy atom. The lowest BCUT2D eigenvalue weighted by molar-refractivity contribution is -0.385. The highest BCUT2D eigenvalue weighted by atomic mass is 35.5. The summed E-state index contributed by atoms with van der Waals surface area (Å²) < 4.78 is 51.1. The molecule has 1 N–H and O–H groups in total. The van der Waals surface area contributed by atoms with Crippen LogP contribution in [0.1, 0.15) is 11.1 Å². The van der Waals surface area contributed by atoms with Gasteiger partial charge in [0.1, 0.15) is 5.75 Å². The van der Waals surface area contributed by atoms with Crippen LogP contribution in [-0.2, 0) is 13.1 Å². The van der Waals surface area contributed by atoms with E-state index in [9.17, 15) is 18.9 Å². The van der Waals surface area contributed by atoms with Crippen molar-refractivity contribution in [2.24, 2.45) is 0 Å². The zero-order valence-electron chi connectivity index (χ0n) is 17.3. The molecule has 9 nitrogen and oxygen atoms in total. The maximum absolute atomic E-state index is 12.9. The van der Waals surface area contributed by atoms with Crippen molar-refractivity contribution in [3.05, 3.63) is 45.5 Å². The van der Waals surface area contributed by atoms with E-state index in [-0.39, 0.29) is 36.8 Å². The lowest BCUT2D eigenvalue weighted by atomic mass is 10.1. The Hall–Kier alpha value is -3.05. The lowest BCUT2D eigenvalue weighted by Crippen LogP contribution is -2.16. The number of ether oxygens (including phenoxy) is 5. The maximum Gasteiger partial charge on any atom is 0.387 e. The number of halogens is 3. The molecule has 0 unspecified atom stereocenters. The fourth-order valence-corrected chi connectivity index (χ4v) is 2.85. The zero-order chi connectivity index (χ0) is 22.3. The number of alkyl halides is 2. The summed E-state index contributed by atoms with van der Waals surface area (Å²) in [6.45, 7) is -2.84. The predicted octanol–water partition coefficient (Wildman–Crippen LogP) is 3.94. The van der Waals surface area contributed by atoms with Crippen molar-refractivity contribution >= 4 is 18.1 Å². The van der Waals surface area contributed by atoms with Gasteiger partial charge in [-0.25, -0.2) is 0 Å². The van der Waals surface area contributed by atoms with Gasteiger partial charge in [-0.3, -0.25) is 10.1 Å². The molecule has 0 fully saturated rings. The number of nitrogens with zero attached hydrogens (tertiary/aromatic N) is 1. The Kier molecular flexibility index (Phi) is 10.0. The van der Waals surface area contributed by atoms with E-state index in [1.165, 1.54) is 33.5 Å². The Labute approximate surface area is 183 Å². The molecule has 0 aliphatic carbocycles. The zero-order valence-corrected chi connectivity index (χ0v) is 18.1. The minimum absolute atomic E-state index is 0. The second kappa shape index (κ2) is 12.0. The third-order valence-corrected chi connectivity index (χ3v) is 4.20. The molecule has 0 saturated heterocycles. The van der Waals surface area contributed by atoms with Crippen LogP contribution in [-0.4, -0.2) is 40.0 Å². The fraction of sp³-hybridized carbons (Fsp3) is 0.368. The minimum Gasteiger partial charge on any atom is -0.496 e. The van der Waals surface area contributed by atoms with Crippen molar-refractivity contribution in [2.45, 2.75) is 19.7 Å². The van der Waals surface area contributed by atoms with Crippen LogP contribution in [0.3, 0.4) is 0 Å². The molecule has 0 atom stereocenters. The SMILES string of the molecule is COc1cc(OC)c(OC)cc1CNCc1ccc([N+](=O)[O-])c(OC)c1OC(F)F.Cl. The molecule has 0 spiro atoms. The van der Waals surface area contributed by atoms with Crippen molar-refractivity contribution in [3.8, 4) is 28.7 Å². The third-order valence-electron chi connectivity index (χ3n) is 4.20. The normalized spacial score (nSPS) is 10.3. The van der Waals surface area contributed by atoms with Gasteiger partial charge in [-0.15, -0.1) is 12.4 Å². The van der Waals surface area contributed by atoms with Crippen LogP contribution >= 0.6 is 12.4 Å². The molecule has 12 heteroatoms. The standard InChI is InChI=1S/C19H22F2N2O7.ClH/c1-26-14-8-16(28-3)15(27-2)7-12(14)10-22-9-11-5-6-13(23(24)25)18(29-4)17(11)30-19(20)21;/h5-8,19,22H,9-10H2,1-4H3;1H. The molecular formula is C19H23ClF2N2O7. The molecule has 2 rings (SSSR count). The molecule has 0 radical (unpaired) electrons. The summed E-state index contributed by atoms with van der Waals surface area (Å²) in [4.78, 5) is 10.4. The van der Waals surface area contributed by atoms with E-state index in [1.54, 1.807) is 12.1 Å². The van der Waals surface area contributed by atoms with E-state index in [0.29, 0.717) is 17.2 Å². The molecule has 172 valence electrons. The third kappa shape index (κ3) is 6.22. The van der Waals surface area contributed by atoms with Gasteiger partial charge in [-0.2, -0.15) is 8.78 Å². The fourth-order valence-electron chi connectivity index (χ4n) is 2.85. The number of methoxy groups -OCH3 is 4. The van der Waals surface area contributed by atoms with Crippen molar-refractivity contribution in [2.75, 3.05) is 28.4 Å². The summed E-state index contributed by atoms with van der Waals surface area (Å²) in [6.07, 6.45) is 0. The largest absolute Gasteiger partial charge is 0.496 e. The van der Waals surface area contributed by atoms with Crippen molar-refractivity contribution in [1.29, 1.82) is 0 Å². The average Bonchev–Trinajstić information content (AvgIpc) is 2.73. The second-order valence-electron chi connectivity index (χ2n) is 5.86. The van der Waals surface area contributed by atoms with E-state index < -0.39 is 23.0 Å². The molecule has 0 heterocycles. The van der Waals surface area contributed by atoms with Crippen LogP contribution in [0.25, 0.3) is 0 Å². The summed E-state index contributed by atoms with van der Waals surface area (Å²) in [5.41, 5.74) is 0.510. The van der Waals surface area contributed by atoms with E-state index >= 15 is 0 Å². The van der Waals surface area contributed by atoms with Crippen LogP contribution in [0.4, 0.5) is 14.5 Å². The molecule has 0 amide bonds. The van der Waals surface area contributed by atoms with E-state index in [4.69, 9.17) is 18.9 Å². The van der Waals surface area contributed by atoms with Crippen molar-refractivity contribution in [1.82, 2.24) is 5.32 Å². The van der Waals surface area contributed by atoms with Gasteiger partial charge in [0.05, 0.1) is 33.4 Å². The average molecular weight is 465 g/mol. The number of hydrogen-bond donors (Lipinski definition) is 1. The van der Waals surface area contributed by atoms with Gasteiger partial charge in [0.25, 0.3) is 0 Å². The summed E-state index contributed by atoms with van der Waals surface area (Å²) >= 11 is 0. The quantitative estimate of drug-likeness (QED) is 0.394. The number of nitrogens with one attached hydrogen (secondary N) is 1. The maximum atomic E-state index is 12.9. The van der Waals surface area contributed by atoms with Gasteiger partial charge in [0, 0.05) is 36.3 Å². The smallest absolute Gasteiger partial charge is 0.387 e. The Bertz CT molecular complexity index is 900. The van der Waals surface area contributed by atoms with Crippen molar-refractivity contribution < 1.29 is 37.4 Å². The molecule has 31 heavy (non-hydrogen) atoms. The van der Waals surface area contributed by atoms with Crippen LogP contribution < -0.4 is 29.0 Å². The topological polar surface area (TPSA) is 101 Å². The van der Waals surface area contributed by atoms with E-state index in [1.807, 2.05) is 0 Å². The Morgan fingerprint density at radius 2 is 1.48 bits per heavy atom. The number of nitro groups is 1. The minimum atomic E-state index is -3.18. The molecule has 0 aliphatic heterocycles. The number of nitro benzene ring substituents is 1. The summed E-state index contributed by atoms with van der Waals surface area (Å²) in [6, 6.07) is 5.89. The summed E-state index contributed by atoms with van der Waals surface area (Å²) in [7, 11) is 5.65. The second-order valence-corrected chi connectivity index (χ2v) is 5.86. The Balaban J connectivity index is 0.00000480. The number of benzene rings is 2. The van der Waals surface area contributed by atoms with Crippen LogP contribution in [0.2, 0.25) is 0 Å². The van der Waals surface area contributed by atoms with Crippen molar-refractivity contribution in [3.63, 3.8) is 0 Å². The van der Waals surface area contributed by atoms with E-state index in [2.05, 4.69) is 10.1 Å². The first kappa shape index (κ1) is 26.0. The molecule has 2 aromatic carbocycles. The van der Waals surface area contributed by atoms with Gasteiger partial charge < -0.3 is 29.0 Å². The first-order valence-electron chi connectivity index (χ1n) is 8.64. The molecule has 0 aromatic heterocycles. The van der Waals surface area contributed by atoms with Gasteiger partial charge >= 0.3 is 12.3 Å². The first-order valence-corrected chi connectivity index (χ1v) is 8.64. The summed E-state index contributed by atoms with van der Waals surface area (Å²) in [5.74, 6) is 0.752. The van der Waals surface area contributed by atoms with Gasteiger partial charge in [-0.05, 0) is 12.1 Å². The van der Waals surface area contributed by atoms with E-state index in [0.717, 1.165) is 12.7 Å². The Morgan fingerprint density at radius 1 is 0.903 bits per heavy atom. The molecule has 0 bridgehead atoms. The monoisotopic (exact) mass is 464 g/mol. The predicted molar refractivity (Wildman–Crippen MR) is 110 cm³/mol. The van der Waals surface area contributed by atoms with Gasteiger partial charge in [0.15, 0.2) is 17.2 Å². The molecule has 0 aliphatic rings. The molecular weight excluding hydrogens is 442 g/mol. The van der Waals surface area contributed by atoms with Gasteiger partial charge in [0.2, 0.25) is 5.75 Å². The molecule has 2 aromatic rings. The van der Waals surface area contributed by atoms with Crippen LogP contribution in [0.5, 0.6) is 28.7 Å². The van der Waals surface area contributed by atoms with Crippen LogP contribution in [0.15, 0.2) is 24.3 Å². The number of rotatable bonds is 11. The summed E-state index contributed by atoms with van der Waals surface area (Å²) in [5, 5.41) is 14.2. The number of hydrogen-bond acceptors (Lipinski definition) is 8. The highest BCUT2D eigenvalue weighted by Gasteiger charge is 2.25. The highest BCUT2D eigenvalue weighted by Crippen LogP contribution is 2.40. The molecule has 0 saturated carbocycles.